The lowest BCUT2D eigenvalue weighted by molar-refractivity contribution is -0.384. The van der Waals surface area contributed by atoms with Crippen LogP contribution in [-0.4, -0.2) is 9.91 Å². The summed E-state index contributed by atoms with van der Waals surface area (Å²) in [6.07, 6.45) is 2.21. The number of rotatable bonds is 2. The van der Waals surface area contributed by atoms with Crippen molar-refractivity contribution in [3.8, 4) is 11.1 Å². The Morgan fingerprint density at radius 3 is 2.53 bits per heavy atom. The molecule has 0 aliphatic heterocycles. The Morgan fingerprint density at radius 1 is 1.12 bits per heavy atom. The van der Waals surface area contributed by atoms with Crippen LogP contribution in [0.1, 0.15) is 0 Å². The Balaban J connectivity index is 2.63. The number of nitrogens with zero attached hydrogens (tertiary/aromatic N) is 2. The highest BCUT2D eigenvalue weighted by Gasteiger charge is 2.14. The fourth-order valence-electron chi connectivity index (χ4n) is 1.43. The van der Waals surface area contributed by atoms with Gasteiger partial charge in [-0.2, -0.15) is 0 Å². The number of halogens is 2. The SMILES string of the molecule is O=[N+]([O-])c1ccc(F)c(-c2ccncc2F)c1. The highest BCUT2D eigenvalue weighted by Crippen LogP contribution is 2.28. The number of pyridine rings is 1. The molecule has 0 N–H and O–H groups in total. The van der Waals surface area contributed by atoms with Crippen LogP contribution < -0.4 is 0 Å². The van der Waals surface area contributed by atoms with E-state index >= 15 is 0 Å². The first-order valence-electron chi connectivity index (χ1n) is 4.63. The quantitative estimate of drug-likeness (QED) is 0.595. The van der Waals surface area contributed by atoms with Gasteiger partial charge in [-0.05, 0) is 12.1 Å². The predicted octanol–water partition coefficient (Wildman–Crippen LogP) is 2.94. The fraction of sp³-hybridized carbons (Fsp3) is 0. The van der Waals surface area contributed by atoms with Crippen molar-refractivity contribution in [1.82, 2.24) is 4.98 Å². The zero-order valence-electron chi connectivity index (χ0n) is 8.43. The number of benzene rings is 1. The zero-order valence-corrected chi connectivity index (χ0v) is 8.43. The van der Waals surface area contributed by atoms with Crippen LogP contribution in [0.5, 0.6) is 0 Å². The molecule has 2 rings (SSSR count). The van der Waals surface area contributed by atoms with Crippen LogP contribution in [-0.2, 0) is 0 Å². The maximum Gasteiger partial charge on any atom is 0.270 e. The fourth-order valence-corrected chi connectivity index (χ4v) is 1.43. The number of aromatic nitrogens is 1. The van der Waals surface area contributed by atoms with E-state index in [2.05, 4.69) is 4.98 Å². The van der Waals surface area contributed by atoms with Crippen molar-refractivity contribution in [3.63, 3.8) is 0 Å². The second-order valence-electron chi connectivity index (χ2n) is 3.28. The highest BCUT2D eigenvalue weighted by molar-refractivity contribution is 5.66. The second kappa shape index (κ2) is 4.25. The van der Waals surface area contributed by atoms with Crippen LogP contribution in [0.4, 0.5) is 14.5 Å². The van der Waals surface area contributed by atoms with Crippen LogP contribution >= 0.6 is 0 Å². The number of nitro benzene ring substituents is 1. The maximum absolute atomic E-state index is 13.5. The molecule has 4 nitrogen and oxygen atoms in total. The molecule has 86 valence electrons. The molecule has 6 heteroatoms. The summed E-state index contributed by atoms with van der Waals surface area (Å²) in [4.78, 5) is 13.4. The average molecular weight is 236 g/mol. The van der Waals surface area contributed by atoms with Gasteiger partial charge in [0.2, 0.25) is 0 Å². The van der Waals surface area contributed by atoms with Crippen molar-refractivity contribution < 1.29 is 13.7 Å². The Kier molecular flexibility index (Phi) is 2.78. The van der Waals surface area contributed by atoms with E-state index in [1.54, 1.807) is 0 Å². The normalized spacial score (nSPS) is 10.2. The van der Waals surface area contributed by atoms with E-state index in [4.69, 9.17) is 0 Å². The molecular formula is C11H6F2N2O2. The van der Waals surface area contributed by atoms with E-state index in [9.17, 15) is 18.9 Å². The van der Waals surface area contributed by atoms with E-state index in [0.717, 1.165) is 24.4 Å². The van der Waals surface area contributed by atoms with Gasteiger partial charge >= 0.3 is 0 Å². The van der Waals surface area contributed by atoms with Gasteiger partial charge in [-0.3, -0.25) is 15.1 Å². The summed E-state index contributed by atoms with van der Waals surface area (Å²) in [7, 11) is 0. The van der Waals surface area contributed by atoms with Crippen molar-refractivity contribution in [3.05, 3.63) is 58.4 Å². The van der Waals surface area contributed by atoms with Gasteiger partial charge < -0.3 is 0 Å². The molecule has 0 aliphatic rings. The molecular weight excluding hydrogens is 230 g/mol. The van der Waals surface area contributed by atoms with Crippen LogP contribution in [0.25, 0.3) is 11.1 Å². The van der Waals surface area contributed by atoms with E-state index < -0.39 is 16.6 Å². The van der Waals surface area contributed by atoms with Crippen molar-refractivity contribution in [2.45, 2.75) is 0 Å². The molecule has 1 aromatic heterocycles. The number of nitro groups is 1. The second-order valence-corrected chi connectivity index (χ2v) is 3.28. The van der Waals surface area contributed by atoms with E-state index in [1.165, 1.54) is 12.3 Å². The minimum Gasteiger partial charge on any atom is -0.262 e. The van der Waals surface area contributed by atoms with Gasteiger partial charge in [0, 0.05) is 29.5 Å². The summed E-state index contributed by atoms with van der Waals surface area (Å²) < 4.78 is 26.9. The molecule has 0 unspecified atom stereocenters. The topological polar surface area (TPSA) is 56.0 Å². The molecule has 0 spiro atoms. The molecule has 1 aromatic carbocycles. The van der Waals surface area contributed by atoms with Crippen LogP contribution in [0.3, 0.4) is 0 Å². The summed E-state index contributed by atoms with van der Waals surface area (Å²) in [6.45, 7) is 0. The van der Waals surface area contributed by atoms with Crippen molar-refractivity contribution >= 4 is 5.69 Å². The molecule has 2 aromatic rings. The molecule has 0 aliphatic carbocycles. The van der Waals surface area contributed by atoms with Crippen LogP contribution in [0.2, 0.25) is 0 Å². The number of hydrogen-bond acceptors (Lipinski definition) is 3. The van der Waals surface area contributed by atoms with Gasteiger partial charge in [0.25, 0.3) is 5.69 Å². The Morgan fingerprint density at radius 2 is 1.88 bits per heavy atom. The minimum absolute atomic E-state index is 0.0544. The maximum atomic E-state index is 13.5. The van der Waals surface area contributed by atoms with Crippen molar-refractivity contribution in [2.24, 2.45) is 0 Å². The highest BCUT2D eigenvalue weighted by atomic mass is 19.1. The lowest BCUT2D eigenvalue weighted by Crippen LogP contribution is -1.93. The summed E-state index contributed by atoms with van der Waals surface area (Å²) >= 11 is 0. The molecule has 0 radical (unpaired) electrons. The summed E-state index contributed by atoms with van der Waals surface area (Å²) in [5.41, 5.74) is -0.502. The van der Waals surface area contributed by atoms with Crippen LogP contribution in [0.15, 0.2) is 36.7 Å². The summed E-state index contributed by atoms with van der Waals surface area (Å²) in [5.74, 6) is -1.45. The molecule has 0 amide bonds. The van der Waals surface area contributed by atoms with E-state index in [0.29, 0.717) is 0 Å². The third kappa shape index (κ3) is 2.10. The standard InChI is InChI=1S/C11H6F2N2O2/c12-10-2-1-7(15(16)17)5-9(10)8-3-4-14-6-11(8)13/h1-6H. The van der Waals surface area contributed by atoms with E-state index in [1.807, 2.05) is 0 Å². The molecule has 1 heterocycles. The van der Waals surface area contributed by atoms with Gasteiger partial charge in [-0.1, -0.05) is 0 Å². The predicted molar refractivity (Wildman–Crippen MR) is 56.2 cm³/mol. The third-order valence-electron chi connectivity index (χ3n) is 2.22. The van der Waals surface area contributed by atoms with Gasteiger partial charge in [0.1, 0.15) is 11.6 Å². The number of non-ortho nitro benzene ring substituents is 1. The van der Waals surface area contributed by atoms with Crippen molar-refractivity contribution in [2.75, 3.05) is 0 Å². The van der Waals surface area contributed by atoms with Gasteiger partial charge in [0.15, 0.2) is 0 Å². The minimum atomic E-state index is -0.730. The Hall–Kier alpha value is -2.37. The molecule has 0 fully saturated rings. The first kappa shape index (κ1) is 11.1. The zero-order chi connectivity index (χ0) is 12.4. The molecule has 17 heavy (non-hydrogen) atoms. The monoisotopic (exact) mass is 236 g/mol. The molecule has 0 saturated heterocycles. The Bertz CT molecular complexity index is 587. The summed E-state index contributed by atoms with van der Waals surface area (Å²) in [5, 5.41) is 10.6. The number of hydrogen-bond donors (Lipinski definition) is 0. The largest absolute Gasteiger partial charge is 0.270 e. The van der Waals surface area contributed by atoms with E-state index in [-0.39, 0.29) is 16.8 Å². The Labute approximate surface area is 94.7 Å². The average Bonchev–Trinajstić information content (AvgIpc) is 2.30. The lowest BCUT2D eigenvalue weighted by atomic mass is 10.1. The first-order valence-corrected chi connectivity index (χ1v) is 4.63. The molecule has 0 bridgehead atoms. The molecule has 0 atom stereocenters. The lowest BCUT2D eigenvalue weighted by Gasteiger charge is -2.04. The van der Waals surface area contributed by atoms with Gasteiger partial charge in [-0.25, -0.2) is 8.78 Å². The van der Waals surface area contributed by atoms with Gasteiger partial charge in [-0.15, -0.1) is 0 Å². The van der Waals surface area contributed by atoms with Gasteiger partial charge in [0.05, 0.1) is 11.1 Å². The third-order valence-corrected chi connectivity index (χ3v) is 2.22. The summed E-state index contributed by atoms with van der Waals surface area (Å²) in [6, 6.07) is 4.22. The van der Waals surface area contributed by atoms with Crippen molar-refractivity contribution in [1.29, 1.82) is 0 Å². The van der Waals surface area contributed by atoms with Crippen LogP contribution in [0, 0.1) is 21.7 Å². The molecule has 0 saturated carbocycles. The first-order chi connectivity index (χ1) is 8.09. The smallest absolute Gasteiger partial charge is 0.262 e.